The van der Waals surface area contributed by atoms with E-state index in [1.807, 2.05) is 6.07 Å². The second kappa shape index (κ2) is 5.74. The van der Waals surface area contributed by atoms with E-state index in [1.165, 1.54) is 18.3 Å². The highest BCUT2D eigenvalue weighted by Gasteiger charge is 2.36. The van der Waals surface area contributed by atoms with Crippen LogP contribution in [0.2, 0.25) is 5.15 Å². The van der Waals surface area contributed by atoms with Gasteiger partial charge >= 0.3 is 6.18 Å². The minimum Gasteiger partial charge on any atom is -0.441 e. The maximum atomic E-state index is 12.5. The van der Waals surface area contributed by atoms with Crippen molar-refractivity contribution in [1.82, 2.24) is 9.97 Å². The molecule has 2 aromatic heterocycles. The van der Waals surface area contributed by atoms with Gasteiger partial charge in [0.2, 0.25) is 0 Å². The zero-order chi connectivity index (χ0) is 15.6. The number of oxazole rings is 1. The van der Waals surface area contributed by atoms with Gasteiger partial charge in [-0.2, -0.15) is 18.4 Å². The van der Waals surface area contributed by atoms with Crippen molar-refractivity contribution in [2.24, 2.45) is 5.92 Å². The van der Waals surface area contributed by atoms with Gasteiger partial charge in [0.1, 0.15) is 16.9 Å². The summed E-state index contributed by atoms with van der Waals surface area (Å²) in [7, 11) is 0. The number of nitrogens with zero attached hydrogens (tertiary/aromatic N) is 3. The minimum atomic E-state index is -4.30. The molecule has 0 amide bonds. The van der Waals surface area contributed by atoms with Crippen molar-refractivity contribution < 1.29 is 17.6 Å². The van der Waals surface area contributed by atoms with Crippen molar-refractivity contribution in [2.75, 3.05) is 0 Å². The molecule has 0 aliphatic heterocycles. The molecular formula is C13H9ClF3N3O. The number of rotatable bonds is 3. The summed E-state index contributed by atoms with van der Waals surface area (Å²) in [5.41, 5.74) is 0.503. The molecule has 0 fully saturated rings. The molecule has 2 rings (SSSR count). The Morgan fingerprint density at radius 1 is 1.43 bits per heavy atom. The first-order chi connectivity index (χ1) is 9.81. The van der Waals surface area contributed by atoms with Crippen molar-refractivity contribution in [3.8, 4) is 17.4 Å². The van der Waals surface area contributed by atoms with Crippen molar-refractivity contribution in [1.29, 1.82) is 5.26 Å². The molecular weight excluding hydrogens is 307 g/mol. The number of alkyl halides is 3. The molecule has 21 heavy (non-hydrogen) atoms. The summed E-state index contributed by atoms with van der Waals surface area (Å²) in [6.07, 6.45) is -3.37. The van der Waals surface area contributed by atoms with Crippen molar-refractivity contribution in [3.63, 3.8) is 0 Å². The molecule has 0 aromatic carbocycles. The van der Waals surface area contributed by atoms with E-state index in [2.05, 4.69) is 9.97 Å². The SMILES string of the molecule is CC(Cc1ncc(-c2ccc(C#N)nc2Cl)o1)C(F)(F)F. The first-order valence-electron chi connectivity index (χ1n) is 5.89. The quantitative estimate of drug-likeness (QED) is 0.803. The molecule has 0 N–H and O–H groups in total. The summed E-state index contributed by atoms with van der Waals surface area (Å²) >= 11 is 5.90. The van der Waals surface area contributed by atoms with Crippen LogP contribution in [-0.2, 0) is 6.42 Å². The van der Waals surface area contributed by atoms with E-state index in [0.29, 0.717) is 5.56 Å². The summed E-state index contributed by atoms with van der Waals surface area (Å²) in [6.45, 7) is 1.06. The molecule has 0 saturated heterocycles. The van der Waals surface area contributed by atoms with Crippen LogP contribution in [0.1, 0.15) is 18.5 Å². The van der Waals surface area contributed by atoms with Gasteiger partial charge in [0.25, 0.3) is 0 Å². The zero-order valence-electron chi connectivity index (χ0n) is 10.8. The summed E-state index contributed by atoms with van der Waals surface area (Å²) in [6, 6.07) is 4.77. The molecule has 0 radical (unpaired) electrons. The Balaban J connectivity index is 2.23. The molecule has 0 aliphatic rings. The third kappa shape index (κ3) is 3.52. The Hall–Kier alpha value is -2.07. The second-order valence-electron chi connectivity index (χ2n) is 4.41. The lowest BCUT2D eigenvalue weighted by Gasteiger charge is -2.12. The highest BCUT2D eigenvalue weighted by atomic mass is 35.5. The van der Waals surface area contributed by atoms with Crippen LogP contribution in [0.3, 0.4) is 0 Å². The van der Waals surface area contributed by atoms with E-state index in [-0.39, 0.29) is 28.9 Å². The highest BCUT2D eigenvalue weighted by molar-refractivity contribution is 6.32. The van der Waals surface area contributed by atoms with Crippen LogP contribution in [0, 0.1) is 17.2 Å². The van der Waals surface area contributed by atoms with Gasteiger partial charge < -0.3 is 4.42 Å². The average Bonchev–Trinajstić information content (AvgIpc) is 2.85. The Morgan fingerprint density at radius 2 is 2.14 bits per heavy atom. The van der Waals surface area contributed by atoms with Gasteiger partial charge in [-0.25, -0.2) is 9.97 Å². The molecule has 1 atom stereocenters. The molecule has 110 valence electrons. The molecule has 4 nitrogen and oxygen atoms in total. The van der Waals surface area contributed by atoms with E-state index in [4.69, 9.17) is 21.3 Å². The maximum Gasteiger partial charge on any atom is 0.392 e. The number of pyridine rings is 1. The summed E-state index contributed by atoms with van der Waals surface area (Å²) in [4.78, 5) is 7.63. The summed E-state index contributed by atoms with van der Waals surface area (Å²) in [5.74, 6) is -1.38. The fourth-order valence-electron chi connectivity index (χ4n) is 1.59. The molecule has 0 saturated carbocycles. The van der Waals surface area contributed by atoms with Crippen LogP contribution in [0.25, 0.3) is 11.3 Å². The van der Waals surface area contributed by atoms with Gasteiger partial charge in [-0.1, -0.05) is 18.5 Å². The summed E-state index contributed by atoms with van der Waals surface area (Å²) in [5, 5.41) is 8.72. The lowest BCUT2D eigenvalue weighted by Crippen LogP contribution is -2.21. The minimum absolute atomic E-state index is 0.0284. The van der Waals surface area contributed by atoms with Crippen molar-refractivity contribution in [3.05, 3.63) is 35.1 Å². The van der Waals surface area contributed by atoms with Crippen LogP contribution >= 0.6 is 11.6 Å². The normalized spacial score (nSPS) is 13.0. The smallest absolute Gasteiger partial charge is 0.392 e. The van der Waals surface area contributed by atoms with E-state index >= 15 is 0 Å². The monoisotopic (exact) mass is 315 g/mol. The molecule has 0 spiro atoms. The van der Waals surface area contributed by atoms with E-state index in [0.717, 1.165) is 6.92 Å². The predicted molar refractivity (Wildman–Crippen MR) is 68.4 cm³/mol. The van der Waals surface area contributed by atoms with Crippen molar-refractivity contribution >= 4 is 11.6 Å². The molecule has 0 bridgehead atoms. The molecule has 1 unspecified atom stereocenters. The average molecular weight is 316 g/mol. The lowest BCUT2D eigenvalue weighted by molar-refractivity contribution is -0.170. The van der Waals surface area contributed by atoms with Crippen LogP contribution in [-0.4, -0.2) is 16.1 Å². The molecule has 2 aromatic rings. The first-order valence-corrected chi connectivity index (χ1v) is 6.27. The van der Waals surface area contributed by atoms with E-state index < -0.39 is 12.1 Å². The number of aromatic nitrogens is 2. The van der Waals surface area contributed by atoms with Crippen LogP contribution < -0.4 is 0 Å². The third-order valence-corrected chi connectivity index (χ3v) is 3.11. The van der Waals surface area contributed by atoms with Gasteiger partial charge in [0.05, 0.1) is 17.7 Å². The lowest BCUT2D eigenvalue weighted by atomic mass is 10.1. The van der Waals surface area contributed by atoms with Crippen LogP contribution in [0.5, 0.6) is 0 Å². The standard InChI is InChI=1S/C13H9ClF3N3O/c1-7(13(15,16)17)4-11-19-6-10(21-11)9-3-2-8(5-18)20-12(9)14/h2-3,6-7H,4H2,1H3. The van der Waals surface area contributed by atoms with Gasteiger partial charge in [0, 0.05) is 6.42 Å². The third-order valence-electron chi connectivity index (χ3n) is 2.82. The summed E-state index contributed by atoms with van der Waals surface area (Å²) < 4.78 is 42.7. The van der Waals surface area contributed by atoms with Gasteiger partial charge in [-0.15, -0.1) is 0 Å². The van der Waals surface area contributed by atoms with Gasteiger partial charge in [-0.3, -0.25) is 0 Å². The molecule has 8 heteroatoms. The number of hydrogen-bond donors (Lipinski definition) is 0. The maximum absolute atomic E-state index is 12.5. The Kier molecular flexibility index (Phi) is 4.19. The fourth-order valence-corrected chi connectivity index (χ4v) is 1.83. The fraction of sp³-hybridized carbons (Fsp3) is 0.308. The van der Waals surface area contributed by atoms with Crippen LogP contribution in [0.4, 0.5) is 13.2 Å². The Morgan fingerprint density at radius 3 is 2.71 bits per heavy atom. The van der Waals surface area contributed by atoms with Crippen molar-refractivity contribution in [2.45, 2.75) is 19.5 Å². The first kappa shape index (κ1) is 15.3. The molecule has 0 aliphatic carbocycles. The second-order valence-corrected chi connectivity index (χ2v) is 4.77. The number of halogens is 4. The Bertz CT molecular complexity index is 691. The number of hydrogen-bond acceptors (Lipinski definition) is 4. The highest BCUT2D eigenvalue weighted by Crippen LogP contribution is 2.31. The van der Waals surface area contributed by atoms with E-state index in [1.54, 1.807) is 0 Å². The number of nitriles is 1. The van der Waals surface area contributed by atoms with Gasteiger partial charge in [-0.05, 0) is 12.1 Å². The van der Waals surface area contributed by atoms with Gasteiger partial charge in [0.15, 0.2) is 11.7 Å². The van der Waals surface area contributed by atoms with E-state index in [9.17, 15) is 13.2 Å². The van der Waals surface area contributed by atoms with Crippen LogP contribution in [0.15, 0.2) is 22.7 Å². The topological polar surface area (TPSA) is 62.7 Å². The predicted octanol–water partition coefficient (Wildman–Crippen LogP) is 4.00. The zero-order valence-corrected chi connectivity index (χ0v) is 11.5. The molecule has 2 heterocycles. The Labute approximate surface area is 123 Å². The largest absolute Gasteiger partial charge is 0.441 e.